The zero-order valence-corrected chi connectivity index (χ0v) is 17.5. The first kappa shape index (κ1) is 20.5. The van der Waals surface area contributed by atoms with Crippen molar-refractivity contribution < 1.29 is 4.79 Å². The van der Waals surface area contributed by atoms with E-state index in [2.05, 4.69) is 22.4 Å². The van der Waals surface area contributed by atoms with E-state index in [-0.39, 0.29) is 23.1 Å². The third-order valence-electron chi connectivity index (χ3n) is 5.36. The summed E-state index contributed by atoms with van der Waals surface area (Å²) in [4.78, 5) is 30.6. The van der Waals surface area contributed by atoms with Crippen LogP contribution in [0.5, 0.6) is 0 Å². The van der Waals surface area contributed by atoms with E-state index >= 15 is 0 Å². The minimum Gasteiger partial charge on any atom is -0.349 e. The Morgan fingerprint density at radius 3 is 2.35 bits per heavy atom. The lowest BCUT2D eigenvalue weighted by molar-refractivity contribution is 0.0936. The van der Waals surface area contributed by atoms with Gasteiger partial charge in [-0.25, -0.2) is 4.98 Å². The maximum absolute atomic E-state index is 13.3. The highest BCUT2D eigenvalue weighted by Gasteiger charge is 2.18. The lowest BCUT2D eigenvalue weighted by Crippen LogP contribution is -2.38. The SMILES string of the molecule is C[C@H](CCc1ccccc1)NC(=O)c1cc2cccnc2n(Cc2ccccc2)c1=O. The number of amides is 1. The number of aromatic nitrogens is 2. The van der Waals surface area contributed by atoms with Crippen LogP contribution in [0.4, 0.5) is 0 Å². The molecule has 5 heteroatoms. The normalized spacial score (nSPS) is 11.9. The fourth-order valence-electron chi connectivity index (χ4n) is 3.68. The van der Waals surface area contributed by atoms with Gasteiger partial charge < -0.3 is 5.32 Å². The molecule has 1 N–H and O–H groups in total. The van der Waals surface area contributed by atoms with E-state index in [9.17, 15) is 9.59 Å². The Bertz CT molecular complexity index is 1230. The molecule has 0 aliphatic carbocycles. The average Bonchev–Trinajstić information content (AvgIpc) is 2.80. The first-order chi connectivity index (χ1) is 15.1. The summed E-state index contributed by atoms with van der Waals surface area (Å²) in [7, 11) is 0. The molecule has 4 rings (SSSR count). The summed E-state index contributed by atoms with van der Waals surface area (Å²) in [5.41, 5.74) is 2.59. The van der Waals surface area contributed by atoms with E-state index in [0.29, 0.717) is 12.2 Å². The molecule has 0 aliphatic heterocycles. The predicted molar refractivity (Wildman–Crippen MR) is 123 cm³/mol. The van der Waals surface area contributed by atoms with Crippen LogP contribution < -0.4 is 10.9 Å². The van der Waals surface area contributed by atoms with Crippen molar-refractivity contribution in [3.05, 3.63) is 112 Å². The first-order valence-electron chi connectivity index (χ1n) is 10.5. The number of nitrogens with one attached hydrogen (secondary N) is 1. The summed E-state index contributed by atoms with van der Waals surface area (Å²) in [6, 6.07) is 25.1. The van der Waals surface area contributed by atoms with Gasteiger partial charge in [0.15, 0.2) is 0 Å². The Kier molecular flexibility index (Phi) is 6.22. The largest absolute Gasteiger partial charge is 0.349 e. The van der Waals surface area contributed by atoms with E-state index in [1.165, 1.54) is 5.56 Å². The van der Waals surface area contributed by atoms with Gasteiger partial charge in [0.05, 0.1) is 6.54 Å². The van der Waals surface area contributed by atoms with E-state index in [0.717, 1.165) is 23.8 Å². The van der Waals surface area contributed by atoms with Crippen LogP contribution in [0.15, 0.2) is 89.9 Å². The fraction of sp³-hybridized carbons (Fsp3) is 0.192. The number of hydrogen-bond donors (Lipinski definition) is 1. The summed E-state index contributed by atoms with van der Waals surface area (Å²) >= 11 is 0. The smallest absolute Gasteiger partial charge is 0.265 e. The highest BCUT2D eigenvalue weighted by atomic mass is 16.2. The van der Waals surface area contributed by atoms with Crippen molar-refractivity contribution in [3.63, 3.8) is 0 Å². The molecule has 156 valence electrons. The lowest BCUT2D eigenvalue weighted by Gasteiger charge is -2.16. The third kappa shape index (κ3) is 4.89. The molecule has 0 spiro atoms. The molecule has 2 aromatic carbocycles. The number of carbonyl (C=O) groups is 1. The second-order valence-corrected chi connectivity index (χ2v) is 7.75. The highest BCUT2D eigenvalue weighted by molar-refractivity contribution is 5.97. The quantitative estimate of drug-likeness (QED) is 0.496. The monoisotopic (exact) mass is 411 g/mol. The molecule has 0 fully saturated rings. The number of nitrogens with zero attached hydrogens (tertiary/aromatic N) is 2. The van der Waals surface area contributed by atoms with Crippen LogP contribution in [0.25, 0.3) is 11.0 Å². The van der Waals surface area contributed by atoms with E-state index < -0.39 is 0 Å². The Morgan fingerprint density at radius 2 is 1.65 bits per heavy atom. The van der Waals surface area contributed by atoms with Crippen molar-refractivity contribution in [2.45, 2.75) is 32.4 Å². The summed E-state index contributed by atoms with van der Waals surface area (Å²) in [5, 5.41) is 3.75. The van der Waals surface area contributed by atoms with Gasteiger partial charge in [0, 0.05) is 17.6 Å². The molecule has 1 atom stereocenters. The zero-order valence-electron chi connectivity index (χ0n) is 17.5. The Morgan fingerprint density at radius 1 is 0.968 bits per heavy atom. The van der Waals surface area contributed by atoms with Crippen LogP contribution in [-0.2, 0) is 13.0 Å². The molecular weight excluding hydrogens is 386 g/mol. The predicted octanol–water partition coefficient (Wildman–Crippen LogP) is 4.20. The van der Waals surface area contributed by atoms with E-state index in [1.807, 2.05) is 67.6 Å². The fourth-order valence-corrected chi connectivity index (χ4v) is 3.68. The average molecular weight is 412 g/mol. The summed E-state index contributed by atoms with van der Waals surface area (Å²) in [6.45, 7) is 2.32. The number of fused-ring (bicyclic) bond motifs is 1. The van der Waals surface area contributed by atoms with Crippen LogP contribution in [0.3, 0.4) is 0 Å². The molecule has 4 aromatic rings. The van der Waals surface area contributed by atoms with Crippen molar-refractivity contribution in [3.8, 4) is 0 Å². The Balaban J connectivity index is 1.58. The van der Waals surface area contributed by atoms with Crippen LogP contribution >= 0.6 is 0 Å². The highest BCUT2D eigenvalue weighted by Crippen LogP contribution is 2.13. The minimum atomic E-state index is -0.349. The molecule has 0 bridgehead atoms. The number of aryl methyl sites for hydroxylation is 1. The molecule has 1 amide bonds. The third-order valence-corrected chi connectivity index (χ3v) is 5.36. The number of carbonyl (C=O) groups excluding carboxylic acids is 1. The second-order valence-electron chi connectivity index (χ2n) is 7.75. The maximum atomic E-state index is 13.3. The van der Waals surface area contributed by atoms with Gasteiger partial charge in [-0.1, -0.05) is 60.7 Å². The van der Waals surface area contributed by atoms with Gasteiger partial charge in [-0.3, -0.25) is 14.2 Å². The van der Waals surface area contributed by atoms with Crippen molar-refractivity contribution >= 4 is 16.9 Å². The Hall–Kier alpha value is -3.73. The molecule has 0 radical (unpaired) electrons. The zero-order chi connectivity index (χ0) is 21.6. The number of benzene rings is 2. The van der Waals surface area contributed by atoms with Crippen LogP contribution in [0.1, 0.15) is 34.8 Å². The molecule has 0 unspecified atom stereocenters. The molecule has 31 heavy (non-hydrogen) atoms. The van der Waals surface area contributed by atoms with E-state index in [1.54, 1.807) is 16.8 Å². The van der Waals surface area contributed by atoms with Gasteiger partial charge in [0.2, 0.25) is 0 Å². The van der Waals surface area contributed by atoms with Gasteiger partial charge in [-0.15, -0.1) is 0 Å². The molecular formula is C26H25N3O2. The van der Waals surface area contributed by atoms with Crippen molar-refractivity contribution in [2.75, 3.05) is 0 Å². The maximum Gasteiger partial charge on any atom is 0.265 e. The van der Waals surface area contributed by atoms with Crippen LogP contribution in [0.2, 0.25) is 0 Å². The van der Waals surface area contributed by atoms with Crippen molar-refractivity contribution in [2.24, 2.45) is 0 Å². The van der Waals surface area contributed by atoms with E-state index in [4.69, 9.17) is 0 Å². The number of hydrogen-bond acceptors (Lipinski definition) is 3. The van der Waals surface area contributed by atoms with Gasteiger partial charge >= 0.3 is 0 Å². The van der Waals surface area contributed by atoms with Crippen LogP contribution in [-0.4, -0.2) is 21.5 Å². The number of pyridine rings is 2. The topological polar surface area (TPSA) is 64.0 Å². The lowest BCUT2D eigenvalue weighted by atomic mass is 10.1. The molecule has 2 heterocycles. The van der Waals surface area contributed by atoms with Crippen molar-refractivity contribution in [1.82, 2.24) is 14.9 Å². The Labute approximate surface area is 181 Å². The second kappa shape index (κ2) is 9.39. The molecule has 0 aliphatic rings. The van der Waals surface area contributed by atoms with Gasteiger partial charge in [-0.05, 0) is 49.1 Å². The summed E-state index contributed by atoms with van der Waals surface area (Å²) in [6.07, 6.45) is 3.32. The van der Waals surface area contributed by atoms with Gasteiger partial charge in [0.25, 0.3) is 11.5 Å². The summed E-state index contributed by atoms with van der Waals surface area (Å²) in [5.74, 6) is -0.349. The number of rotatable bonds is 7. The van der Waals surface area contributed by atoms with Gasteiger partial charge in [-0.2, -0.15) is 0 Å². The summed E-state index contributed by atoms with van der Waals surface area (Å²) < 4.78 is 1.58. The van der Waals surface area contributed by atoms with Crippen LogP contribution in [0, 0.1) is 0 Å². The first-order valence-corrected chi connectivity index (χ1v) is 10.5. The minimum absolute atomic E-state index is 0.0562. The van der Waals surface area contributed by atoms with Crippen molar-refractivity contribution in [1.29, 1.82) is 0 Å². The standard InChI is InChI=1S/C26H25N3O2/c1-19(14-15-20-9-4-2-5-10-20)28-25(30)23-17-22-13-8-16-27-24(22)29(26(23)31)18-21-11-6-3-7-12-21/h2-13,16-17,19H,14-15,18H2,1H3,(H,28,30)/t19-/m1/s1. The van der Waals surface area contributed by atoms with Gasteiger partial charge in [0.1, 0.15) is 11.2 Å². The molecule has 0 saturated carbocycles. The molecule has 2 aromatic heterocycles. The molecule has 0 saturated heterocycles. The molecule has 5 nitrogen and oxygen atoms in total.